The molecule has 0 spiro atoms. The van der Waals surface area contributed by atoms with Gasteiger partial charge in [-0.1, -0.05) is 30.3 Å². The Balaban J connectivity index is 1.81. The average Bonchev–Trinajstić information content (AvgIpc) is 3.02. The topological polar surface area (TPSA) is 55.8 Å². The molecule has 0 radical (unpaired) electrons. The van der Waals surface area contributed by atoms with Gasteiger partial charge in [0.05, 0.1) is 0 Å². The minimum atomic E-state index is -3.14. The van der Waals surface area contributed by atoms with E-state index in [0.29, 0.717) is 0 Å². The maximum atomic E-state index is 14.4. The summed E-state index contributed by atoms with van der Waals surface area (Å²) in [6.07, 6.45) is -1.42. The Morgan fingerprint density at radius 3 is 2.46 bits per heavy atom. The fraction of sp³-hybridized carbons (Fsp3) is 0.579. The van der Waals surface area contributed by atoms with Crippen LogP contribution in [0.1, 0.15) is 45.6 Å². The Morgan fingerprint density at radius 2 is 1.88 bits per heavy atom. The van der Waals surface area contributed by atoms with E-state index in [1.165, 1.54) is 0 Å². The first-order chi connectivity index (χ1) is 12.1. The third-order valence-corrected chi connectivity index (χ3v) is 4.80. The number of hydrogen-bond donors (Lipinski definition) is 0. The molecule has 2 heterocycles. The van der Waals surface area contributed by atoms with Crippen molar-refractivity contribution in [2.75, 3.05) is 0 Å². The maximum Gasteiger partial charge on any atom is 0.411 e. The fourth-order valence-corrected chi connectivity index (χ4v) is 3.74. The molecule has 26 heavy (non-hydrogen) atoms. The van der Waals surface area contributed by atoms with E-state index in [9.17, 15) is 18.4 Å². The van der Waals surface area contributed by atoms with Crippen LogP contribution in [0.2, 0.25) is 0 Å². The normalized spacial score (nSPS) is 26.7. The molecule has 2 saturated heterocycles. The summed E-state index contributed by atoms with van der Waals surface area (Å²) in [4.78, 5) is 26.2. The van der Waals surface area contributed by atoms with Crippen LogP contribution in [0.3, 0.4) is 0 Å². The van der Waals surface area contributed by atoms with E-state index in [1.54, 1.807) is 45.0 Å². The van der Waals surface area contributed by atoms with Crippen molar-refractivity contribution in [2.45, 2.75) is 69.7 Å². The van der Waals surface area contributed by atoms with Crippen molar-refractivity contribution in [1.82, 2.24) is 4.90 Å². The molecule has 0 unspecified atom stereocenters. The van der Waals surface area contributed by atoms with E-state index in [2.05, 4.69) is 0 Å². The molecule has 3 rings (SSSR count). The number of benzene rings is 1. The third kappa shape index (κ3) is 3.27. The Labute approximate surface area is 151 Å². The molecule has 7 heteroatoms. The van der Waals surface area contributed by atoms with Gasteiger partial charge in [-0.25, -0.2) is 18.4 Å². The van der Waals surface area contributed by atoms with E-state index in [0.717, 1.165) is 10.5 Å². The van der Waals surface area contributed by atoms with Crippen molar-refractivity contribution >= 4 is 12.1 Å². The summed E-state index contributed by atoms with van der Waals surface area (Å²) >= 11 is 0. The van der Waals surface area contributed by atoms with Crippen molar-refractivity contribution in [3.63, 3.8) is 0 Å². The van der Waals surface area contributed by atoms with E-state index < -0.39 is 41.6 Å². The van der Waals surface area contributed by atoms with Crippen LogP contribution in [0, 0.1) is 0 Å². The van der Waals surface area contributed by atoms with Gasteiger partial charge in [-0.2, -0.15) is 0 Å². The highest BCUT2D eigenvalue weighted by Gasteiger charge is 2.72. The molecule has 2 aliphatic heterocycles. The number of hydrogen-bond acceptors (Lipinski definition) is 4. The van der Waals surface area contributed by atoms with Crippen molar-refractivity contribution in [2.24, 2.45) is 0 Å². The monoisotopic (exact) mass is 367 g/mol. The number of halogens is 2. The Hall–Kier alpha value is -2.18. The molecule has 1 aromatic rings. The molecule has 1 aromatic carbocycles. The van der Waals surface area contributed by atoms with Gasteiger partial charge in [0.15, 0.2) is 0 Å². The number of ether oxygens (including phenoxy) is 2. The number of nitrogens with zero attached hydrogens (tertiary/aromatic N) is 1. The Bertz CT molecular complexity index is 701. The molecule has 5 nitrogen and oxygen atoms in total. The van der Waals surface area contributed by atoms with E-state index in [4.69, 9.17) is 9.47 Å². The highest BCUT2D eigenvalue weighted by molar-refractivity contribution is 5.88. The first kappa shape index (κ1) is 18.6. The zero-order valence-corrected chi connectivity index (χ0v) is 15.1. The van der Waals surface area contributed by atoms with E-state index >= 15 is 0 Å². The van der Waals surface area contributed by atoms with Crippen LogP contribution in [0.25, 0.3) is 0 Å². The predicted octanol–water partition coefficient (Wildman–Crippen LogP) is 3.91. The summed E-state index contributed by atoms with van der Waals surface area (Å²) < 4.78 is 39.4. The minimum absolute atomic E-state index is 0.0428. The summed E-state index contributed by atoms with van der Waals surface area (Å²) in [6.45, 7) is 4.95. The van der Waals surface area contributed by atoms with Gasteiger partial charge in [-0.15, -0.1) is 0 Å². The second-order valence-electron chi connectivity index (χ2n) is 7.94. The highest BCUT2D eigenvalue weighted by atomic mass is 19.3. The van der Waals surface area contributed by atoms with Gasteiger partial charge in [-0.3, -0.25) is 4.90 Å². The van der Waals surface area contributed by atoms with Gasteiger partial charge in [0.1, 0.15) is 23.8 Å². The molecular formula is C19H23F2NO4. The van der Waals surface area contributed by atoms with Crippen LogP contribution in [0.4, 0.5) is 13.6 Å². The minimum Gasteiger partial charge on any atom is -0.458 e. The van der Waals surface area contributed by atoms with Crippen LogP contribution < -0.4 is 0 Å². The number of rotatable bonds is 3. The van der Waals surface area contributed by atoms with Gasteiger partial charge in [0.2, 0.25) is 0 Å². The molecule has 0 saturated carbocycles. The lowest BCUT2D eigenvalue weighted by molar-refractivity contribution is -0.167. The van der Waals surface area contributed by atoms with Crippen LogP contribution in [-0.2, 0) is 20.9 Å². The lowest BCUT2D eigenvalue weighted by Crippen LogP contribution is -2.53. The summed E-state index contributed by atoms with van der Waals surface area (Å²) in [5.74, 6) is -3.93. The highest BCUT2D eigenvalue weighted by Crippen LogP contribution is 2.55. The zero-order chi connectivity index (χ0) is 19.2. The number of esters is 1. The molecule has 2 fully saturated rings. The second kappa shape index (κ2) is 6.21. The van der Waals surface area contributed by atoms with Gasteiger partial charge in [0.25, 0.3) is 5.92 Å². The summed E-state index contributed by atoms with van der Waals surface area (Å²) in [7, 11) is 0. The molecule has 2 atom stereocenters. The first-order valence-corrected chi connectivity index (χ1v) is 8.66. The number of amides is 1. The van der Waals surface area contributed by atoms with Gasteiger partial charge >= 0.3 is 12.1 Å². The van der Waals surface area contributed by atoms with E-state index in [1.807, 2.05) is 6.07 Å². The first-order valence-electron chi connectivity index (χ1n) is 8.66. The SMILES string of the molecule is CC(C)(C)OC(=O)[C@@]12CC[C@@H](N1C(=O)OCc1ccccc1)C(F)(F)C2. The molecule has 0 aliphatic carbocycles. The third-order valence-electron chi connectivity index (χ3n) is 4.80. The van der Waals surface area contributed by atoms with Crippen LogP contribution in [0.5, 0.6) is 0 Å². The number of alkyl halides is 2. The Kier molecular flexibility index (Phi) is 4.45. The largest absolute Gasteiger partial charge is 0.458 e. The Morgan fingerprint density at radius 1 is 1.23 bits per heavy atom. The second-order valence-corrected chi connectivity index (χ2v) is 7.94. The summed E-state index contributed by atoms with van der Waals surface area (Å²) in [6, 6.07) is 7.61. The van der Waals surface area contributed by atoms with Crippen LogP contribution >= 0.6 is 0 Å². The van der Waals surface area contributed by atoms with E-state index in [-0.39, 0.29) is 19.4 Å². The standard InChI is InChI=1S/C19H23F2NO4/c1-17(2,3)26-15(23)18-10-9-14(19(20,21)12-18)22(18)16(24)25-11-13-7-5-4-6-8-13/h4-8,14H,9-12H2,1-3H3/t14-,18+/m1/s1. The molecule has 2 aliphatic rings. The van der Waals surface area contributed by atoms with Gasteiger partial charge in [0, 0.05) is 6.42 Å². The molecule has 2 bridgehead atoms. The number of carbonyl (C=O) groups excluding carboxylic acids is 2. The zero-order valence-electron chi connectivity index (χ0n) is 15.1. The molecule has 142 valence electrons. The summed E-state index contributed by atoms with van der Waals surface area (Å²) in [5, 5.41) is 0. The van der Waals surface area contributed by atoms with Gasteiger partial charge < -0.3 is 9.47 Å². The smallest absolute Gasteiger partial charge is 0.411 e. The van der Waals surface area contributed by atoms with Gasteiger partial charge in [-0.05, 0) is 39.2 Å². The predicted molar refractivity (Wildman–Crippen MR) is 89.6 cm³/mol. The molecule has 1 amide bonds. The number of fused-ring (bicyclic) bond motifs is 2. The quantitative estimate of drug-likeness (QED) is 0.760. The van der Waals surface area contributed by atoms with Crippen molar-refractivity contribution in [1.29, 1.82) is 0 Å². The van der Waals surface area contributed by atoms with Crippen molar-refractivity contribution < 1.29 is 27.8 Å². The van der Waals surface area contributed by atoms with Crippen molar-refractivity contribution in [3.05, 3.63) is 35.9 Å². The molecule has 0 aromatic heterocycles. The van der Waals surface area contributed by atoms with Crippen LogP contribution in [-0.4, -0.2) is 40.1 Å². The molecular weight excluding hydrogens is 344 g/mol. The summed E-state index contributed by atoms with van der Waals surface area (Å²) in [5.41, 5.74) is -1.75. The number of carbonyl (C=O) groups is 2. The lowest BCUT2D eigenvalue weighted by atomic mass is 9.85. The fourth-order valence-electron chi connectivity index (χ4n) is 3.74. The molecule has 0 N–H and O–H groups in total. The lowest BCUT2D eigenvalue weighted by Gasteiger charge is -2.34. The van der Waals surface area contributed by atoms with Crippen LogP contribution in [0.15, 0.2) is 30.3 Å². The van der Waals surface area contributed by atoms with Crippen molar-refractivity contribution in [3.8, 4) is 0 Å². The average molecular weight is 367 g/mol. The maximum absolute atomic E-state index is 14.4.